The Balaban J connectivity index is 2.00. The Morgan fingerprint density at radius 1 is 1.04 bits per heavy atom. The molecule has 0 radical (unpaired) electrons. The summed E-state index contributed by atoms with van der Waals surface area (Å²) in [6.07, 6.45) is 0. The molecule has 118 valence electrons. The average molecular weight is 333 g/mol. The molecule has 0 saturated heterocycles. The van der Waals surface area contributed by atoms with E-state index in [2.05, 4.69) is 0 Å². The fraction of sp³-hybridized carbons (Fsp3) is 0. The van der Waals surface area contributed by atoms with Crippen LogP contribution in [0.15, 0.2) is 63.8 Å². The van der Waals surface area contributed by atoms with Crippen molar-refractivity contribution in [3.63, 3.8) is 0 Å². The van der Waals surface area contributed by atoms with Crippen molar-refractivity contribution in [1.29, 1.82) is 0 Å². The van der Waals surface area contributed by atoms with Crippen molar-refractivity contribution in [2.45, 2.75) is 0 Å². The molecule has 0 aliphatic rings. The van der Waals surface area contributed by atoms with E-state index in [0.29, 0.717) is 22.3 Å². The number of hydrogen-bond donors (Lipinski definition) is 2. The SMILES string of the molecule is O=c1cc(-c2cccc(ONS(=O)(=O)O)c2)oc2ccccc12. The number of hydrogen-bond acceptors (Lipinski definition) is 5. The molecule has 8 heteroatoms. The Hall–Kier alpha value is -2.68. The van der Waals surface area contributed by atoms with Crippen LogP contribution in [0.2, 0.25) is 0 Å². The molecule has 2 N–H and O–H groups in total. The summed E-state index contributed by atoms with van der Waals surface area (Å²) < 4.78 is 35.5. The van der Waals surface area contributed by atoms with E-state index >= 15 is 0 Å². The summed E-state index contributed by atoms with van der Waals surface area (Å²) in [6, 6.07) is 14.4. The minimum Gasteiger partial charge on any atom is -0.456 e. The molecule has 2 aromatic carbocycles. The third-order valence-electron chi connectivity index (χ3n) is 3.02. The molecule has 3 aromatic rings. The maximum atomic E-state index is 12.1. The van der Waals surface area contributed by atoms with Gasteiger partial charge in [0.15, 0.2) is 5.43 Å². The second-order valence-corrected chi connectivity index (χ2v) is 5.78. The van der Waals surface area contributed by atoms with Crippen LogP contribution in [0.3, 0.4) is 0 Å². The van der Waals surface area contributed by atoms with Gasteiger partial charge in [0.25, 0.3) is 0 Å². The fourth-order valence-corrected chi connectivity index (χ4v) is 2.26. The summed E-state index contributed by atoms with van der Waals surface area (Å²) in [4.78, 5) is 18.3. The Morgan fingerprint density at radius 3 is 2.61 bits per heavy atom. The summed E-state index contributed by atoms with van der Waals surface area (Å²) in [5, 5.41) is 0.469. The van der Waals surface area contributed by atoms with Crippen LogP contribution in [0.5, 0.6) is 5.75 Å². The van der Waals surface area contributed by atoms with Gasteiger partial charge in [-0.3, -0.25) is 9.35 Å². The summed E-state index contributed by atoms with van der Waals surface area (Å²) in [5.41, 5.74) is 0.768. The van der Waals surface area contributed by atoms with Gasteiger partial charge in [-0.15, -0.1) is 0 Å². The molecule has 0 bridgehead atoms. The van der Waals surface area contributed by atoms with E-state index in [1.54, 1.807) is 36.4 Å². The normalized spacial score (nSPS) is 11.5. The van der Waals surface area contributed by atoms with Crippen LogP contribution in [0.1, 0.15) is 0 Å². The molecule has 0 amide bonds. The van der Waals surface area contributed by atoms with Crippen molar-refractivity contribution in [3.05, 3.63) is 64.8 Å². The van der Waals surface area contributed by atoms with Gasteiger partial charge in [-0.05, 0) is 29.2 Å². The average Bonchev–Trinajstić information content (AvgIpc) is 2.53. The van der Waals surface area contributed by atoms with Gasteiger partial charge in [0, 0.05) is 11.6 Å². The molecule has 0 saturated carbocycles. The van der Waals surface area contributed by atoms with Gasteiger partial charge in [-0.25, -0.2) is 0 Å². The largest absolute Gasteiger partial charge is 0.456 e. The fourth-order valence-electron chi connectivity index (χ4n) is 2.06. The second kappa shape index (κ2) is 5.84. The van der Waals surface area contributed by atoms with Gasteiger partial charge in [-0.2, -0.15) is 8.42 Å². The highest BCUT2D eigenvalue weighted by molar-refractivity contribution is 7.83. The van der Waals surface area contributed by atoms with Crippen molar-refractivity contribution in [3.8, 4) is 17.1 Å². The van der Waals surface area contributed by atoms with E-state index in [-0.39, 0.29) is 11.2 Å². The maximum absolute atomic E-state index is 12.1. The monoisotopic (exact) mass is 333 g/mol. The van der Waals surface area contributed by atoms with Crippen molar-refractivity contribution in [2.24, 2.45) is 0 Å². The summed E-state index contributed by atoms with van der Waals surface area (Å²) in [6.45, 7) is 0. The zero-order valence-corrected chi connectivity index (χ0v) is 12.4. The maximum Gasteiger partial charge on any atom is 0.364 e. The summed E-state index contributed by atoms with van der Waals surface area (Å²) >= 11 is 0. The molecule has 0 aliphatic carbocycles. The number of para-hydroxylation sites is 1. The van der Waals surface area contributed by atoms with Crippen LogP contribution in [0.25, 0.3) is 22.3 Å². The lowest BCUT2D eigenvalue weighted by molar-refractivity contribution is 0.251. The first-order chi connectivity index (χ1) is 10.9. The van der Waals surface area contributed by atoms with Gasteiger partial charge in [-0.1, -0.05) is 24.3 Å². The van der Waals surface area contributed by atoms with E-state index < -0.39 is 10.3 Å². The Kier molecular flexibility index (Phi) is 3.87. The predicted molar refractivity (Wildman–Crippen MR) is 83.2 cm³/mol. The molecule has 3 rings (SSSR count). The van der Waals surface area contributed by atoms with E-state index in [1.165, 1.54) is 23.1 Å². The highest BCUT2D eigenvalue weighted by atomic mass is 32.2. The third-order valence-corrected chi connectivity index (χ3v) is 3.31. The lowest BCUT2D eigenvalue weighted by atomic mass is 10.1. The Bertz CT molecular complexity index is 1030. The van der Waals surface area contributed by atoms with Crippen molar-refractivity contribution >= 4 is 21.3 Å². The minimum atomic E-state index is -4.48. The van der Waals surface area contributed by atoms with E-state index in [9.17, 15) is 13.2 Å². The van der Waals surface area contributed by atoms with Crippen LogP contribution in [0.4, 0.5) is 0 Å². The van der Waals surface area contributed by atoms with Gasteiger partial charge in [0.1, 0.15) is 17.1 Å². The van der Waals surface area contributed by atoms with Crippen LogP contribution < -0.4 is 15.2 Å². The third kappa shape index (κ3) is 3.57. The van der Waals surface area contributed by atoms with Crippen LogP contribution in [0, 0.1) is 0 Å². The molecule has 1 aromatic heterocycles. The van der Waals surface area contributed by atoms with Crippen LogP contribution >= 0.6 is 0 Å². The van der Waals surface area contributed by atoms with Gasteiger partial charge in [0.05, 0.1) is 5.39 Å². The molecule has 0 spiro atoms. The quantitative estimate of drug-likeness (QED) is 0.560. The van der Waals surface area contributed by atoms with Crippen molar-refractivity contribution < 1.29 is 22.2 Å². The van der Waals surface area contributed by atoms with E-state index in [4.69, 9.17) is 13.8 Å². The highest BCUT2D eigenvalue weighted by Crippen LogP contribution is 2.25. The molecule has 0 atom stereocenters. The molecular formula is C15H11NO6S. The summed E-state index contributed by atoms with van der Waals surface area (Å²) in [7, 11) is -4.48. The minimum absolute atomic E-state index is 0.121. The first kappa shape index (κ1) is 15.2. The molecular weight excluding hydrogens is 322 g/mol. The standard InChI is InChI=1S/C15H11NO6S/c17-13-9-15(21-14-7-2-1-6-12(13)14)10-4-3-5-11(8-10)22-16-23(18,19)20/h1-9,16H,(H,18,19,20). The number of rotatable bonds is 4. The first-order valence-corrected chi connectivity index (χ1v) is 7.91. The Labute approximate surface area is 131 Å². The predicted octanol–water partition coefficient (Wildman–Crippen LogP) is 2.15. The molecule has 1 heterocycles. The van der Waals surface area contributed by atoms with E-state index in [0.717, 1.165) is 0 Å². The zero-order chi connectivity index (χ0) is 16.4. The molecule has 0 unspecified atom stereocenters. The number of fused-ring (bicyclic) bond motifs is 1. The van der Waals surface area contributed by atoms with Crippen molar-refractivity contribution in [2.75, 3.05) is 0 Å². The summed E-state index contributed by atoms with van der Waals surface area (Å²) in [5.74, 6) is 0.432. The number of benzene rings is 2. The zero-order valence-electron chi connectivity index (χ0n) is 11.6. The highest BCUT2D eigenvalue weighted by Gasteiger charge is 2.09. The lowest BCUT2D eigenvalue weighted by Crippen LogP contribution is -2.26. The first-order valence-electron chi connectivity index (χ1n) is 6.47. The smallest absolute Gasteiger partial charge is 0.364 e. The second-order valence-electron chi connectivity index (χ2n) is 4.66. The van der Waals surface area contributed by atoms with Gasteiger partial charge in [0.2, 0.25) is 0 Å². The Morgan fingerprint density at radius 2 is 1.83 bits per heavy atom. The topological polar surface area (TPSA) is 106 Å². The lowest BCUT2D eigenvalue weighted by Gasteiger charge is -2.07. The number of nitrogens with one attached hydrogen (secondary N) is 1. The molecule has 7 nitrogen and oxygen atoms in total. The van der Waals surface area contributed by atoms with Crippen molar-refractivity contribution in [1.82, 2.24) is 4.89 Å². The van der Waals surface area contributed by atoms with Gasteiger partial charge < -0.3 is 9.25 Å². The van der Waals surface area contributed by atoms with Crippen LogP contribution in [-0.4, -0.2) is 13.0 Å². The molecule has 0 fully saturated rings. The molecule has 23 heavy (non-hydrogen) atoms. The van der Waals surface area contributed by atoms with Crippen LogP contribution in [-0.2, 0) is 10.3 Å². The van der Waals surface area contributed by atoms with Gasteiger partial charge >= 0.3 is 10.3 Å². The van der Waals surface area contributed by atoms with E-state index in [1.807, 2.05) is 0 Å². The molecule has 0 aliphatic heterocycles.